The van der Waals surface area contributed by atoms with E-state index < -0.39 is 74.1 Å². The van der Waals surface area contributed by atoms with Gasteiger partial charge in [-0.3, -0.25) is 19.1 Å². The highest BCUT2D eigenvalue weighted by molar-refractivity contribution is 7.91. The molecular weight excluding hydrogens is 699 g/mol. The highest BCUT2D eigenvalue weighted by atomic mass is 32.2. The SMILES string of the molecule is C=CC1CC1(NC(=O)C1CC2CN1C(=O)C(C(C)(C)C)NC(=O)OCC(C)(C)CCCc1ccc3c(CC)cnc(c3c1)O2)C(=O)NS(=O)(=O)C1CC1. The van der Waals surface area contributed by atoms with Crippen molar-refractivity contribution >= 4 is 44.6 Å². The van der Waals surface area contributed by atoms with Crippen molar-refractivity contribution in [3.05, 3.63) is 48.2 Å². The molecule has 5 atom stereocenters. The van der Waals surface area contributed by atoms with Crippen molar-refractivity contribution < 1.29 is 37.1 Å². The lowest BCUT2D eigenvalue weighted by atomic mass is 9.85. The Labute approximate surface area is 312 Å². The Bertz CT molecular complexity index is 1920. The monoisotopic (exact) mass is 751 g/mol. The molecule has 3 fully saturated rings. The molecule has 288 valence electrons. The molecule has 2 saturated carbocycles. The fourth-order valence-corrected chi connectivity index (χ4v) is 8.85. The number of carbonyl (C=O) groups is 4. The van der Waals surface area contributed by atoms with E-state index in [0.717, 1.165) is 47.6 Å². The molecule has 1 saturated heterocycles. The van der Waals surface area contributed by atoms with E-state index >= 15 is 0 Å². The quantitative estimate of drug-likeness (QED) is 0.349. The highest BCUT2D eigenvalue weighted by Crippen LogP contribution is 2.45. The minimum atomic E-state index is -3.89. The zero-order valence-electron chi connectivity index (χ0n) is 31.6. The molecule has 4 bridgehead atoms. The van der Waals surface area contributed by atoms with Crippen LogP contribution in [-0.4, -0.2) is 84.2 Å². The van der Waals surface area contributed by atoms with Crippen molar-refractivity contribution in [3.63, 3.8) is 0 Å². The molecule has 0 radical (unpaired) electrons. The van der Waals surface area contributed by atoms with Gasteiger partial charge in [0.15, 0.2) is 0 Å². The third kappa shape index (κ3) is 8.17. The molecular formula is C39H53N5O8S. The van der Waals surface area contributed by atoms with Crippen LogP contribution in [0.1, 0.15) is 91.2 Å². The van der Waals surface area contributed by atoms with Gasteiger partial charge in [0.2, 0.25) is 27.7 Å². The first-order valence-corrected chi connectivity index (χ1v) is 20.2. The Balaban J connectivity index is 1.36. The van der Waals surface area contributed by atoms with Crippen molar-refractivity contribution in [3.8, 4) is 5.88 Å². The van der Waals surface area contributed by atoms with Gasteiger partial charge >= 0.3 is 6.09 Å². The zero-order valence-corrected chi connectivity index (χ0v) is 32.4. The van der Waals surface area contributed by atoms with Gasteiger partial charge in [0.25, 0.3) is 5.91 Å². The maximum atomic E-state index is 14.6. The number of sulfonamides is 1. The first-order chi connectivity index (χ1) is 24.9. The van der Waals surface area contributed by atoms with E-state index in [1.165, 1.54) is 11.0 Å². The van der Waals surface area contributed by atoms with Gasteiger partial charge < -0.3 is 25.0 Å². The van der Waals surface area contributed by atoms with E-state index in [1.807, 2.05) is 34.6 Å². The second-order valence-corrected chi connectivity index (χ2v) is 19.0. The van der Waals surface area contributed by atoms with Crippen LogP contribution < -0.4 is 20.1 Å². The molecule has 2 aromatic rings. The van der Waals surface area contributed by atoms with Gasteiger partial charge in [-0.1, -0.05) is 59.8 Å². The largest absolute Gasteiger partial charge is 0.472 e. The molecule has 0 spiro atoms. The lowest BCUT2D eigenvalue weighted by Crippen LogP contribution is -2.60. The van der Waals surface area contributed by atoms with Crippen LogP contribution in [0.2, 0.25) is 0 Å². The van der Waals surface area contributed by atoms with E-state index in [2.05, 4.69) is 47.1 Å². The average Bonchev–Trinajstić information content (AvgIpc) is 4.02. The lowest BCUT2D eigenvalue weighted by molar-refractivity contribution is -0.142. The summed E-state index contributed by atoms with van der Waals surface area (Å²) in [5.74, 6) is -2.11. The Morgan fingerprint density at radius 2 is 1.91 bits per heavy atom. The van der Waals surface area contributed by atoms with Gasteiger partial charge in [0.05, 0.1) is 18.4 Å². The maximum Gasteiger partial charge on any atom is 0.407 e. The number of ether oxygens (including phenoxy) is 2. The van der Waals surface area contributed by atoms with Crippen molar-refractivity contribution in [2.75, 3.05) is 13.2 Å². The van der Waals surface area contributed by atoms with Crippen molar-refractivity contribution in [1.29, 1.82) is 0 Å². The summed E-state index contributed by atoms with van der Waals surface area (Å²) in [4.78, 5) is 61.8. The topological polar surface area (TPSA) is 173 Å². The number of pyridine rings is 1. The van der Waals surface area contributed by atoms with Crippen LogP contribution in [-0.2, 0) is 42.0 Å². The number of amides is 4. The summed E-state index contributed by atoms with van der Waals surface area (Å²) in [7, 11) is -3.89. The number of hydrogen-bond donors (Lipinski definition) is 3. The summed E-state index contributed by atoms with van der Waals surface area (Å²) < 4.78 is 39.9. The number of aromatic nitrogens is 1. The Morgan fingerprint density at radius 3 is 2.55 bits per heavy atom. The molecule has 4 amide bonds. The number of carbonyl (C=O) groups excluding carboxylic acids is 4. The number of nitrogens with one attached hydrogen (secondary N) is 3. The van der Waals surface area contributed by atoms with E-state index in [-0.39, 0.29) is 31.4 Å². The molecule has 1 aromatic heterocycles. The van der Waals surface area contributed by atoms with Crippen molar-refractivity contribution in [1.82, 2.24) is 25.2 Å². The summed E-state index contributed by atoms with van der Waals surface area (Å²) >= 11 is 0. The van der Waals surface area contributed by atoms with Gasteiger partial charge in [0, 0.05) is 23.9 Å². The van der Waals surface area contributed by atoms with Crippen LogP contribution in [0.5, 0.6) is 5.88 Å². The van der Waals surface area contributed by atoms with E-state index in [1.54, 1.807) is 6.20 Å². The molecule has 5 unspecified atom stereocenters. The number of benzene rings is 1. The van der Waals surface area contributed by atoms with Gasteiger partial charge in [-0.05, 0) is 78.4 Å². The van der Waals surface area contributed by atoms with Gasteiger partial charge in [-0.25, -0.2) is 18.2 Å². The number of alkyl carbamates (subject to hydrolysis) is 1. The molecule has 53 heavy (non-hydrogen) atoms. The number of rotatable bonds is 7. The lowest BCUT2D eigenvalue weighted by Gasteiger charge is -2.35. The first-order valence-electron chi connectivity index (χ1n) is 18.7. The number of aryl methyl sites for hydroxylation is 2. The number of fused-ring (bicyclic) bond motifs is 3. The van der Waals surface area contributed by atoms with Crippen molar-refractivity contribution in [2.24, 2.45) is 16.7 Å². The van der Waals surface area contributed by atoms with E-state index in [4.69, 9.17) is 14.5 Å². The minimum Gasteiger partial charge on any atom is -0.472 e. The summed E-state index contributed by atoms with van der Waals surface area (Å²) in [6, 6.07) is 4.08. The third-order valence-corrected chi connectivity index (χ3v) is 12.9. The molecule has 14 heteroatoms. The molecule has 2 aliphatic heterocycles. The molecule has 1 aromatic carbocycles. The Kier molecular flexibility index (Phi) is 10.3. The molecule has 2 aliphatic carbocycles. The van der Waals surface area contributed by atoms with Crippen LogP contribution in [0.4, 0.5) is 4.79 Å². The van der Waals surface area contributed by atoms with Gasteiger partial charge in [-0.2, -0.15) is 0 Å². The standard InChI is InChI=1S/C39H53N5O8S/c1-8-24-20-40-33-29-17-23(12-15-28(24)29)11-10-16-38(6,7)22-51-36(48)41-31(37(3,4)5)34(46)44-21-26(52-33)18-30(44)32(45)42-39(19-25(39)9-2)35(47)43-53(49,50)27-13-14-27/h9,12,15,17,20,25-27,30-31H,2,8,10-11,13-14,16,18-19,21-22H2,1,3-7H3,(H,41,48)(H,42,45)(H,43,47). The van der Waals surface area contributed by atoms with Crippen molar-refractivity contribution in [2.45, 2.75) is 122 Å². The predicted octanol–water partition coefficient (Wildman–Crippen LogP) is 4.32. The van der Waals surface area contributed by atoms with Crippen LogP contribution in [0.25, 0.3) is 10.8 Å². The predicted molar refractivity (Wildman–Crippen MR) is 199 cm³/mol. The Morgan fingerprint density at radius 1 is 1.17 bits per heavy atom. The number of nitrogens with zero attached hydrogens (tertiary/aromatic N) is 2. The zero-order chi connectivity index (χ0) is 38.5. The Hall–Kier alpha value is -4.20. The third-order valence-electron chi connectivity index (χ3n) is 11.0. The average molecular weight is 752 g/mol. The normalized spacial score (nSPS) is 27.8. The number of hydrogen-bond acceptors (Lipinski definition) is 9. The summed E-state index contributed by atoms with van der Waals surface area (Å²) in [5, 5.41) is 6.82. The molecule has 13 nitrogen and oxygen atoms in total. The number of cyclic esters (lactones) is 1. The van der Waals surface area contributed by atoms with Crippen LogP contribution >= 0.6 is 0 Å². The smallest absolute Gasteiger partial charge is 0.407 e. The summed E-state index contributed by atoms with van der Waals surface area (Å²) in [6.45, 7) is 15.5. The second kappa shape index (κ2) is 14.2. The second-order valence-electron chi connectivity index (χ2n) is 17.0. The van der Waals surface area contributed by atoms with E-state index in [0.29, 0.717) is 18.7 Å². The summed E-state index contributed by atoms with van der Waals surface area (Å²) in [6.07, 6.45) is 6.26. The van der Waals surface area contributed by atoms with Gasteiger partial charge in [-0.15, -0.1) is 6.58 Å². The fourth-order valence-electron chi connectivity index (χ4n) is 7.49. The molecule has 3 heterocycles. The molecule has 6 rings (SSSR count). The molecule has 4 aliphatic rings. The van der Waals surface area contributed by atoms with Crippen LogP contribution in [0.15, 0.2) is 37.1 Å². The highest BCUT2D eigenvalue weighted by Gasteiger charge is 2.62. The maximum absolute atomic E-state index is 14.6. The fraction of sp³-hybridized carbons (Fsp3) is 0.615. The summed E-state index contributed by atoms with van der Waals surface area (Å²) in [5.41, 5.74) is -0.487. The van der Waals surface area contributed by atoms with Crippen LogP contribution in [0, 0.1) is 16.7 Å². The molecule has 3 N–H and O–H groups in total. The van der Waals surface area contributed by atoms with Crippen LogP contribution in [0.3, 0.4) is 0 Å². The minimum absolute atomic E-state index is 0.00814. The first kappa shape index (κ1) is 38.5. The van der Waals surface area contributed by atoms with E-state index in [9.17, 15) is 27.6 Å². The van der Waals surface area contributed by atoms with Gasteiger partial charge in [0.1, 0.15) is 23.7 Å².